The minimum atomic E-state index is -0.654. The van der Waals surface area contributed by atoms with Gasteiger partial charge in [0.1, 0.15) is 17.7 Å². The molecule has 1 saturated heterocycles. The molecule has 8 nitrogen and oxygen atoms in total. The summed E-state index contributed by atoms with van der Waals surface area (Å²) in [6.07, 6.45) is 7.76. The Bertz CT molecular complexity index is 1460. The van der Waals surface area contributed by atoms with Gasteiger partial charge in [-0.05, 0) is 74.6 Å². The van der Waals surface area contributed by atoms with Gasteiger partial charge in [-0.2, -0.15) is 0 Å². The van der Waals surface area contributed by atoms with Crippen LogP contribution < -0.4 is 15.4 Å². The number of phenolic OH excluding ortho intramolecular Hbond substituents is 1. The fraction of sp³-hybridized carbons (Fsp3) is 0.600. The third-order valence-corrected chi connectivity index (χ3v) is 12.3. The maximum atomic E-state index is 13.7. The Labute approximate surface area is 253 Å². The summed E-state index contributed by atoms with van der Waals surface area (Å²) in [6.45, 7) is 4.14. The fourth-order valence-corrected chi connectivity index (χ4v) is 10.4. The third-order valence-electron chi connectivity index (χ3n) is 12.3. The van der Waals surface area contributed by atoms with Gasteiger partial charge in [0.2, 0.25) is 11.8 Å². The molecule has 2 amide bonds. The number of benzene rings is 2. The largest absolute Gasteiger partial charge is 0.504 e. The molecule has 4 bridgehead atoms. The molecule has 0 radical (unpaired) electrons. The van der Waals surface area contributed by atoms with Gasteiger partial charge in [-0.25, -0.2) is 0 Å². The highest BCUT2D eigenvalue weighted by Crippen LogP contribution is 2.76. The van der Waals surface area contributed by atoms with E-state index in [0.29, 0.717) is 24.8 Å². The number of amides is 2. The lowest BCUT2D eigenvalue weighted by Gasteiger charge is -2.74. The summed E-state index contributed by atoms with van der Waals surface area (Å²) in [7, 11) is 1.80. The van der Waals surface area contributed by atoms with Crippen LogP contribution in [0.3, 0.4) is 0 Å². The van der Waals surface area contributed by atoms with Crippen molar-refractivity contribution >= 4 is 11.8 Å². The zero-order valence-corrected chi connectivity index (χ0v) is 25.2. The molecule has 5 aliphatic carbocycles. The first-order valence-corrected chi connectivity index (χ1v) is 16.2. The monoisotopic (exact) mass is 585 g/mol. The number of ether oxygens (including phenoxy) is 2. The molecular weight excluding hydrogens is 542 g/mol. The number of aromatic hydroxyl groups is 1. The highest BCUT2D eigenvalue weighted by atomic mass is 16.6. The molecule has 228 valence electrons. The molecule has 0 aromatic heterocycles. The number of carbonyl (C=O) groups is 2. The van der Waals surface area contributed by atoms with Crippen LogP contribution in [0.2, 0.25) is 0 Å². The highest BCUT2D eigenvalue weighted by Gasteiger charge is 2.80. The lowest BCUT2D eigenvalue weighted by atomic mass is 9.35. The summed E-state index contributed by atoms with van der Waals surface area (Å²) in [6, 6.07) is 13.5. The van der Waals surface area contributed by atoms with Crippen LogP contribution in [0.15, 0.2) is 42.5 Å². The summed E-state index contributed by atoms with van der Waals surface area (Å²) >= 11 is 0. The number of piperidine rings is 1. The topological polar surface area (TPSA) is 100 Å². The predicted octanol–water partition coefficient (Wildman–Crippen LogP) is 3.48. The van der Waals surface area contributed by atoms with Gasteiger partial charge in [0, 0.05) is 61.9 Å². The first kappa shape index (κ1) is 27.4. The number of carbonyl (C=O) groups excluding carboxylic acids is 2. The molecule has 2 aromatic carbocycles. The van der Waals surface area contributed by atoms with E-state index in [0.717, 1.165) is 50.1 Å². The van der Waals surface area contributed by atoms with E-state index in [1.54, 1.807) is 7.11 Å². The molecule has 9 rings (SSSR count). The lowest BCUT2D eigenvalue weighted by Crippen LogP contribution is -2.81. The van der Waals surface area contributed by atoms with Crippen molar-refractivity contribution in [1.82, 2.24) is 15.5 Å². The quantitative estimate of drug-likeness (QED) is 0.417. The van der Waals surface area contributed by atoms with E-state index in [9.17, 15) is 14.7 Å². The van der Waals surface area contributed by atoms with Crippen LogP contribution in [0.25, 0.3) is 0 Å². The molecule has 3 N–H and O–H groups in total. The minimum Gasteiger partial charge on any atom is -0.504 e. The molecule has 4 saturated carbocycles. The zero-order chi connectivity index (χ0) is 29.6. The van der Waals surface area contributed by atoms with Gasteiger partial charge in [0.25, 0.3) is 0 Å². The molecule has 7 aliphatic rings. The SMILES string of the molecule is COC12CC[C@@]3(C[C@@H]1CNC(=O)[C@H](Cc1ccccc1)NC(C)=O)[C@H]1Cc4ccc(O)c5c4[C@@]3(CCN1CC1CC1)C2O5. The van der Waals surface area contributed by atoms with E-state index < -0.39 is 11.6 Å². The number of nitrogens with zero attached hydrogens (tertiary/aromatic N) is 1. The maximum absolute atomic E-state index is 13.7. The molecule has 8 heteroatoms. The van der Waals surface area contributed by atoms with Crippen molar-refractivity contribution < 1.29 is 24.2 Å². The van der Waals surface area contributed by atoms with E-state index in [-0.39, 0.29) is 40.4 Å². The van der Waals surface area contributed by atoms with Crippen molar-refractivity contribution in [1.29, 1.82) is 0 Å². The summed E-state index contributed by atoms with van der Waals surface area (Å²) in [5, 5.41) is 17.2. The van der Waals surface area contributed by atoms with Crippen molar-refractivity contribution in [2.45, 2.75) is 87.5 Å². The third kappa shape index (κ3) is 3.81. The second-order valence-corrected chi connectivity index (χ2v) is 14.2. The normalized spacial score (nSPS) is 35.5. The number of phenols is 1. The summed E-state index contributed by atoms with van der Waals surface area (Å²) in [5.41, 5.74) is 2.79. The highest BCUT2D eigenvalue weighted by molar-refractivity contribution is 5.87. The average molecular weight is 586 g/mol. The van der Waals surface area contributed by atoms with Crippen molar-refractivity contribution in [3.8, 4) is 11.5 Å². The molecule has 5 fully saturated rings. The van der Waals surface area contributed by atoms with Crippen LogP contribution in [0.5, 0.6) is 11.5 Å². The molecular formula is C35H43N3O5. The van der Waals surface area contributed by atoms with Crippen LogP contribution in [0.4, 0.5) is 0 Å². The molecule has 2 spiro atoms. The van der Waals surface area contributed by atoms with Crippen LogP contribution in [-0.4, -0.2) is 72.4 Å². The predicted molar refractivity (Wildman–Crippen MR) is 161 cm³/mol. The standard InChI is InChI=1S/C35H43N3O5/c1-21(39)37-26(16-22-6-4-3-5-7-22)31(41)36-19-25-18-33-12-13-35(25,42-2)32-34(33)14-15-38(20-23-8-9-23)28(33)17-24-10-11-27(40)30(43-32)29(24)34/h3-7,10-11,23,25-26,28,32,40H,8-9,12-20H2,1-2H3,(H,36,41)(H,37,39)/t25-,26+,28-,32?,33-,34+,35?/m1/s1. The van der Waals surface area contributed by atoms with Crippen LogP contribution in [-0.2, 0) is 32.6 Å². The van der Waals surface area contributed by atoms with Gasteiger partial charge in [0.15, 0.2) is 11.5 Å². The van der Waals surface area contributed by atoms with E-state index in [4.69, 9.17) is 9.47 Å². The van der Waals surface area contributed by atoms with E-state index >= 15 is 0 Å². The number of likely N-dealkylation sites (tertiary alicyclic amines) is 1. The van der Waals surface area contributed by atoms with Gasteiger partial charge in [-0.3, -0.25) is 14.5 Å². The molecule has 7 atom stereocenters. The summed E-state index contributed by atoms with van der Waals surface area (Å²) < 4.78 is 13.5. The Kier molecular flexibility index (Phi) is 6.19. The number of rotatable bonds is 9. The molecule has 43 heavy (non-hydrogen) atoms. The molecule has 2 unspecified atom stereocenters. The van der Waals surface area contributed by atoms with Gasteiger partial charge in [-0.1, -0.05) is 36.4 Å². The second kappa shape index (κ2) is 9.70. The summed E-state index contributed by atoms with van der Waals surface area (Å²) in [4.78, 5) is 28.5. The Balaban J connectivity index is 1.13. The van der Waals surface area contributed by atoms with Crippen molar-refractivity contribution in [2.75, 3.05) is 26.7 Å². The Morgan fingerprint density at radius 2 is 1.95 bits per heavy atom. The van der Waals surface area contributed by atoms with Gasteiger partial charge < -0.3 is 25.2 Å². The van der Waals surface area contributed by atoms with Crippen LogP contribution in [0, 0.1) is 17.3 Å². The van der Waals surface area contributed by atoms with Crippen LogP contribution in [0.1, 0.15) is 62.1 Å². The van der Waals surface area contributed by atoms with E-state index in [2.05, 4.69) is 21.6 Å². The smallest absolute Gasteiger partial charge is 0.242 e. The van der Waals surface area contributed by atoms with E-state index in [1.165, 1.54) is 37.4 Å². The number of hydrogen-bond acceptors (Lipinski definition) is 6. The number of methoxy groups -OCH3 is 1. The van der Waals surface area contributed by atoms with Crippen molar-refractivity contribution in [3.05, 3.63) is 59.2 Å². The Morgan fingerprint density at radius 1 is 1.14 bits per heavy atom. The van der Waals surface area contributed by atoms with Crippen LogP contribution >= 0.6 is 0 Å². The van der Waals surface area contributed by atoms with Gasteiger partial charge in [-0.15, -0.1) is 0 Å². The van der Waals surface area contributed by atoms with Crippen molar-refractivity contribution in [2.24, 2.45) is 17.3 Å². The fourth-order valence-electron chi connectivity index (χ4n) is 10.4. The van der Waals surface area contributed by atoms with Gasteiger partial charge in [0.05, 0.1) is 0 Å². The average Bonchev–Trinajstić information content (AvgIpc) is 3.75. The maximum Gasteiger partial charge on any atom is 0.242 e. The lowest BCUT2D eigenvalue weighted by molar-refractivity contribution is -0.276. The minimum absolute atomic E-state index is 0.00635. The van der Waals surface area contributed by atoms with Gasteiger partial charge >= 0.3 is 0 Å². The second-order valence-electron chi connectivity index (χ2n) is 14.2. The number of hydrogen-bond donors (Lipinski definition) is 3. The Morgan fingerprint density at radius 3 is 2.70 bits per heavy atom. The van der Waals surface area contributed by atoms with E-state index in [1.807, 2.05) is 36.4 Å². The first-order chi connectivity index (χ1) is 20.8. The number of fused-ring (bicyclic) bond motifs is 2. The number of nitrogens with one attached hydrogen (secondary N) is 2. The van der Waals surface area contributed by atoms with Crippen molar-refractivity contribution in [3.63, 3.8) is 0 Å². The molecule has 2 aromatic rings. The first-order valence-electron chi connectivity index (χ1n) is 16.2. The Hall–Kier alpha value is -3.10. The zero-order valence-electron chi connectivity index (χ0n) is 25.2. The molecule has 2 aliphatic heterocycles. The summed E-state index contributed by atoms with van der Waals surface area (Å²) in [5.74, 6) is 1.36. The molecule has 2 heterocycles.